The number of carboxylic acids is 1. The van der Waals surface area contributed by atoms with Crippen molar-refractivity contribution in [2.24, 2.45) is 5.92 Å². The molecular formula is C15H18O3S. The van der Waals surface area contributed by atoms with Crippen LogP contribution in [-0.2, 0) is 9.53 Å². The zero-order valence-electron chi connectivity index (χ0n) is 10.7. The standard InChI is InChI=1S/C15H18O3S/c16-15(17)7-14(10-1-2-10)11-3-5-12(6-4-11)19-13-8-18-9-13/h3-6,10,13-14H,1-2,7-9H2,(H,16,17). The third-order valence-electron chi connectivity index (χ3n) is 3.80. The molecule has 1 saturated heterocycles. The van der Waals surface area contributed by atoms with E-state index in [2.05, 4.69) is 24.3 Å². The van der Waals surface area contributed by atoms with Crippen molar-refractivity contribution in [3.05, 3.63) is 29.8 Å². The minimum atomic E-state index is -0.693. The Morgan fingerprint density at radius 2 is 2.00 bits per heavy atom. The van der Waals surface area contributed by atoms with E-state index in [0.717, 1.165) is 13.2 Å². The predicted molar refractivity (Wildman–Crippen MR) is 74.6 cm³/mol. The summed E-state index contributed by atoms with van der Waals surface area (Å²) in [7, 11) is 0. The molecule has 19 heavy (non-hydrogen) atoms. The number of carbonyl (C=O) groups is 1. The van der Waals surface area contributed by atoms with E-state index in [-0.39, 0.29) is 12.3 Å². The van der Waals surface area contributed by atoms with Gasteiger partial charge < -0.3 is 9.84 Å². The summed E-state index contributed by atoms with van der Waals surface area (Å²) in [4.78, 5) is 12.2. The zero-order valence-corrected chi connectivity index (χ0v) is 11.6. The maximum Gasteiger partial charge on any atom is 0.303 e. The first kappa shape index (κ1) is 13.0. The summed E-state index contributed by atoms with van der Waals surface area (Å²) in [5.74, 6) is 0.0835. The lowest BCUT2D eigenvalue weighted by Crippen LogP contribution is -2.29. The van der Waals surface area contributed by atoms with E-state index in [1.54, 1.807) is 0 Å². The van der Waals surface area contributed by atoms with Gasteiger partial charge in [-0.2, -0.15) is 0 Å². The van der Waals surface area contributed by atoms with Crippen LogP contribution in [0.5, 0.6) is 0 Å². The second-order valence-electron chi connectivity index (χ2n) is 5.39. The van der Waals surface area contributed by atoms with Gasteiger partial charge in [-0.1, -0.05) is 12.1 Å². The van der Waals surface area contributed by atoms with Gasteiger partial charge in [-0.15, -0.1) is 11.8 Å². The molecule has 0 radical (unpaired) electrons. The van der Waals surface area contributed by atoms with Gasteiger partial charge in [0.1, 0.15) is 0 Å². The first-order chi connectivity index (χ1) is 9.22. The van der Waals surface area contributed by atoms with Crippen molar-refractivity contribution < 1.29 is 14.6 Å². The molecule has 0 spiro atoms. The lowest BCUT2D eigenvalue weighted by Gasteiger charge is -2.25. The molecule has 102 valence electrons. The summed E-state index contributed by atoms with van der Waals surface area (Å²) in [5.41, 5.74) is 1.18. The maximum absolute atomic E-state index is 11.0. The molecule has 1 aromatic carbocycles. The molecule has 1 aliphatic heterocycles. The van der Waals surface area contributed by atoms with Crippen molar-refractivity contribution in [1.82, 2.24) is 0 Å². The number of ether oxygens (including phenoxy) is 1. The van der Waals surface area contributed by atoms with Crippen molar-refractivity contribution in [2.75, 3.05) is 13.2 Å². The van der Waals surface area contributed by atoms with E-state index >= 15 is 0 Å². The number of aliphatic carboxylic acids is 1. The van der Waals surface area contributed by atoms with Gasteiger partial charge in [0.2, 0.25) is 0 Å². The Labute approximate surface area is 117 Å². The largest absolute Gasteiger partial charge is 0.481 e. The SMILES string of the molecule is O=C(O)CC(c1ccc(SC2COC2)cc1)C1CC1. The summed E-state index contributed by atoms with van der Waals surface area (Å²) in [6, 6.07) is 8.45. The second kappa shape index (κ2) is 5.55. The molecular weight excluding hydrogens is 260 g/mol. The minimum absolute atomic E-state index is 0.198. The van der Waals surface area contributed by atoms with Crippen molar-refractivity contribution in [3.63, 3.8) is 0 Å². The second-order valence-corrected chi connectivity index (χ2v) is 6.76. The highest BCUT2D eigenvalue weighted by molar-refractivity contribution is 8.00. The summed E-state index contributed by atoms with van der Waals surface area (Å²) in [6.45, 7) is 1.69. The van der Waals surface area contributed by atoms with Gasteiger partial charge in [-0.25, -0.2) is 0 Å². The van der Waals surface area contributed by atoms with Crippen LogP contribution in [0.4, 0.5) is 0 Å². The lowest BCUT2D eigenvalue weighted by molar-refractivity contribution is -0.137. The van der Waals surface area contributed by atoms with Crippen LogP contribution >= 0.6 is 11.8 Å². The fourth-order valence-corrected chi connectivity index (χ4v) is 3.52. The van der Waals surface area contributed by atoms with Crippen LogP contribution in [-0.4, -0.2) is 29.5 Å². The fraction of sp³-hybridized carbons (Fsp3) is 0.533. The first-order valence-electron chi connectivity index (χ1n) is 6.78. The first-order valence-corrected chi connectivity index (χ1v) is 7.66. The van der Waals surface area contributed by atoms with Gasteiger partial charge >= 0.3 is 5.97 Å². The molecule has 3 nitrogen and oxygen atoms in total. The normalized spacial score (nSPS) is 20.8. The molecule has 2 aliphatic rings. The van der Waals surface area contributed by atoms with E-state index in [1.165, 1.54) is 23.3 Å². The highest BCUT2D eigenvalue weighted by Gasteiger charge is 2.33. The number of benzene rings is 1. The summed E-state index contributed by atoms with van der Waals surface area (Å²) < 4.78 is 5.17. The van der Waals surface area contributed by atoms with Crippen LogP contribution in [0.25, 0.3) is 0 Å². The average molecular weight is 278 g/mol. The van der Waals surface area contributed by atoms with E-state index in [4.69, 9.17) is 9.84 Å². The van der Waals surface area contributed by atoms with Crippen molar-refractivity contribution in [1.29, 1.82) is 0 Å². The summed E-state index contributed by atoms with van der Waals surface area (Å²) in [5, 5.41) is 9.60. The third kappa shape index (κ3) is 3.31. The van der Waals surface area contributed by atoms with Crippen LogP contribution in [0.2, 0.25) is 0 Å². The Kier molecular flexibility index (Phi) is 3.80. The van der Waals surface area contributed by atoms with E-state index in [9.17, 15) is 4.79 Å². The quantitative estimate of drug-likeness (QED) is 0.868. The summed E-state index contributed by atoms with van der Waals surface area (Å²) >= 11 is 1.85. The lowest BCUT2D eigenvalue weighted by atomic mass is 9.91. The molecule has 1 N–H and O–H groups in total. The molecule has 1 aromatic rings. The molecule has 1 aliphatic carbocycles. The maximum atomic E-state index is 11.0. The van der Waals surface area contributed by atoms with Gasteiger partial charge in [-0.3, -0.25) is 4.79 Å². The Bertz CT molecular complexity index is 449. The van der Waals surface area contributed by atoms with Gasteiger partial charge in [0.05, 0.1) is 24.9 Å². The predicted octanol–water partition coefficient (Wildman–Crippen LogP) is 3.15. The van der Waals surface area contributed by atoms with Crippen molar-refractivity contribution in [2.45, 2.75) is 35.3 Å². The van der Waals surface area contributed by atoms with Gasteiger partial charge in [0.15, 0.2) is 0 Å². The van der Waals surface area contributed by atoms with E-state index < -0.39 is 5.97 Å². The third-order valence-corrected chi connectivity index (χ3v) is 4.95. The van der Waals surface area contributed by atoms with E-state index in [1.807, 2.05) is 11.8 Å². The van der Waals surface area contributed by atoms with Crippen LogP contribution < -0.4 is 0 Å². The highest BCUT2D eigenvalue weighted by atomic mass is 32.2. The Morgan fingerprint density at radius 1 is 1.32 bits per heavy atom. The van der Waals surface area contributed by atoms with Crippen LogP contribution in [0, 0.1) is 5.92 Å². The molecule has 4 heteroatoms. The van der Waals surface area contributed by atoms with Gasteiger partial charge in [0.25, 0.3) is 0 Å². The Hall–Kier alpha value is -1.00. The number of rotatable bonds is 6. The molecule has 0 aromatic heterocycles. The van der Waals surface area contributed by atoms with Gasteiger partial charge in [-0.05, 0) is 42.4 Å². The molecule has 2 fully saturated rings. The van der Waals surface area contributed by atoms with Crippen LogP contribution in [0.3, 0.4) is 0 Å². The fourth-order valence-electron chi connectivity index (χ4n) is 2.51. The van der Waals surface area contributed by atoms with Crippen LogP contribution in [0.1, 0.15) is 30.7 Å². The van der Waals surface area contributed by atoms with Crippen molar-refractivity contribution >= 4 is 17.7 Å². The highest BCUT2D eigenvalue weighted by Crippen LogP contribution is 2.44. The molecule has 1 atom stereocenters. The molecule has 3 rings (SSSR count). The monoisotopic (exact) mass is 278 g/mol. The smallest absolute Gasteiger partial charge is 0.303 e. The minimum Gasteiger partial charge on any atom is -0.481 e. The molecule has 1 heterocycles. The molecule has 0 amide bonds. The number of hydrogen-bond donors (Lipinski definition) is 1. The molecule has 1 saturated carbocycles. The van der Waals surface area contributed by atoms with Crippen LogP contribution in [0.15, 0.2) is 29.2 Å². The Balaban J connectivity index is 1.67. The summed E-state index contributed by atoms with van der Waals surface area (Å²) in [6.07, 6.45) is 2.61. The average Bonchev–Trinajstić information content (AvgIpc) is 3.16. The Morgan fingerprint density at radius 3 is 2.47 bits per heavy atom. The van der Waals surface area contributed by atoms with Crippen molar-refractivity contribution in [3.8, 4) is 0 Å². The van der Waals surface area contributed by atoms with Gasteiger partial charge in [0, 0.05) is 4.90 Å². The molecule has 0 bridgehead atoms. The topological polar surface area (TPSA) is 46.5 Å². The number of hydrogen-bond acceptors (Lipinski definition) is 3. The van der Waals surface area contributed by atoms with E-state index in [0.29, 0.717) is 11.2 Å². The number of thioether (sulfide) groups is 1. The number of carboxylic acid groups (broad SMARTS) is 1. The zero-order chi connectivity index (χ0) is 13.2. The molecule has 1 unspecified atom stereocenters.